The molecule has 0 radical (unpaired) electrons. The normalized spacial score (nSPS) is 13.9. The number of hydrogen-bond donors (Lipinski definition) is 1. The van der Waals surface area contributed by atoms with Gasteiger partial charge in [0, 0.05) is 31.9 Å². The van der Waals surface area contributed by atoms with Crippen LogP contribution in [0, 0.1) is 0 Å². The standard InChI is InChI=1S/C10H19N3O2S/c1-9(11)3-7-16(14,15)8-4-10-12-5-6-13(10)2/h5-6,9H,3-4,7-8,11H2,1-2H3. The van der Waals surface area contributed by atoms with Gasteiger partial charge in [-0.15, -0.1) is 0 Å². The van der Waals surface area contributed by atoms with Gasteiger partial charge in [0.1, 0.15) is 5.82 Å². The van der Waals surface area contributed by atoms with Gasteiger partial charge in [-0.3, -0.25) is 0 Å². The van der Waals surface area contributed by atoms with E-state index < -0.39 is 9.84 Å². The zero-order valence-electron chi connectivity index (χ0n) is 9.76. The summed E-state index contributed by atoms with van der Waals surface area (Å²) in [5.74, 6) is 1.10. The molecule has 0 aliphatic heterocycles. The highest BCUT2D eigenvalue weighted by Gasteiger charge is 2.13. The third-order valence-corrected chi connectivity index (χ3v) is 4.13. The lowest BCUT2D eigenvalue weighted by Gasteiger charge is -2.06. The molecule has 5 nitrogen and oxygen atoms in total. The molecule has 0 aliphatic carbocycles. The predicted octanol–water partition coefficient (Wildman–Crippen LogP) is 0.115. The van der Waals surface area contributed by atoms with E-state index in [0.717, 1.165) is 5.82 Å². The molecule has 6 heteroatoms. The Morgan fingerprint density at radius 3 is 2.69 bits per heavy atom. The third-order valence-electron chi connectivity index (χ3n) is 2.44. The largest absolute Gasteiger partial charge is 0.338 e. The highest BCUT2D eigenvalue weighted by atomic mass is 32.2. The Kier molecular flexibility index (Phi) is 4.49. The van der Waals surface area contributed by atoms with Crippen molar-refractivity contribution in [1.29, 1.82) is 0 Å². The molecule has 0 saturated heterocycles. The van der Waals surface area contributed by atoms with Gasteiger partial charge in [0.25, 0.3) is 0 Å². The maximum atomic E-state index is 11.6. The summed E-state index contributed by atoms with van der Waals surface area (Å²) < 4.78 is 25.1. The molecule has 0 fully saturated rings. The summed E-state index contributed by atoms with van der Waals surface area (Å²) in [6.45, 7) is 1.81. The second-order valence-electron chi connectivity index (χ2n) is 4.12. The van der Waals surface area contributed by atoms with E-state index in [0.29, 0.717) is 12.8 Å². The number of imidazole rings is 1. The molecule has 1 aromatic rings. The number of hydrogen-bond acceptors (Lipinski definition) is 4. The SMILES string of the molecule is CC(N)CCS(=O)(=O)CCc1nccn1C. The molecule has 1 aromatic heterocycles. The van der Waals surface area contributed by atoms with Crippen LogP contribution in [0.5, 0.6) is 0 Å². The molecule has 2 N–H and O–H groups in total. The Bertz CT molecular complexity index is 423. The summed E-state index contributed by atoms with van der Waals surface area (Å²) in [7, 11) is -1.14. The van der Waals surface area contributed by atoms with Crippen LogP contribution in [0.4, 0.5) is 0 Å². The number of aryl methyl sites for hydroxylation is 2. The summed E-state index contributed by atoms with van der Waals surface area (Å²) >= 11 is 0. The fourth-order valence-corrected chi connectivity index (χ4v) is 2.78. The van der Waals surface area contributed by atoms with E-state index in [1.54, 1.807) is 6.20 Å². The van der Waals surface area contributed by atoms with Gasteiger partial charge in [-0.25, -0.2) is 13.4 Å². The van der Waals surface area contributed by atoms with Crippen LogP contribution in [0.1, 0.15) is 19.2 Å². The first-order valence-electron chi connectivity index (χ1n) is 5.33. The van der Waals surface area contributed by atoms with Crippen LogP contribution in [0.3, 0.4) is 0 Å². The molecule has 0 saturated carbocycles. The highest BCUT2D eigenvalue weighted by Crippen LogP contribution is 2.02. The van der Waals surface area contributed by atoms with Gasteiger partial charge in [0.15, 0.2) is 9.84 Å². The van der Waals surface area contributed by atoms with Gasteiger partial charge in [-0.2, -0.15) is 0 Å². The Labute approximate surface area is 96.6 Å². The monoisotopic (exact) mass is 245 g/mol. The van der Waals surface area contributed by atoms with Gasteiger partial charge in [-0.1, -0.05) is 0 Å². The van der Waals surface area contributed by atoms with E-state index in [-0.39, 0.29) is 17.5 Å². The van der Waals surface area contributed by atoms with Crippen LogP contribution in [0.15, 0.2) is 12.4 Å². The van der Waals surface area contributed by atoms with E-state index in [2.05, 4.69) is 4.98 Å². The minimum absolute atomic E-state index is 0.0667. The van der Waals surface area contributed by atoms with Crippen molar-refractivity contribution < 1.29 is 8.42 Å². The topological polar surface area (TPSA) is 78.0 Å². The summed E-state index contributed by atoms with van der Waals surface area (Å²) in [6.07, 6.45) is 4.46. The number of nitrogens with zero attached hydrogens (tertiary/aromatic N) is 2. The Morgan fingerprint density at radius 2 is 2.19 bits per heavy atom. The maximum absolute atomic E-state index is 11.6. The van der Waals surface area contributed by atoms with Gasteiger partial charge < -0.3 is 10.3 Å². The van der Waals surface area contributed by atoms with Crippen LogP contribution in [0.2, 0.25) is 0 Å². The van der Waals surface area contributed by atoms with Crippen molar-refractivity contribution in [1.82, 2.24) is 9.55 Å². The fraction of sp³-hybridized carbons (Fsp3) is 0.700. The first kappa shape index (κ1) is 13.2. The van der Waals surface area contributed by atoms with Crippen LogP contribution < -0.4 is 5.73 Å². The molecule has 0 aliphatic rings. The summed E-state index contributed by atoms with van der Waals surface area (Å²) in [5, 5.41) is 0. The zero-order valence-corrected chi connectivity index (χ0v) is 10.6. The Hall–Kier alpha value is -0.880. The van der Waals surface area contributed by atoms with Crippen molar-refractivity contribution in [2.45, 2.75) is 25.8 Å². The van der Waals surface area contributed by atoms with Crippen LogP contribution >= 0.6 is 0 Å². The molecule has 1 rings (SSSR count). The van der Waals surface area contributed by atoms with E-state index >= 15 is 0 Å². The smallest absolute Gasteiger partial charge is 0.150 e. The van der Waals surface area contributed by atoms with Gasteiger partial charge in [-0.05, 0) is 13.3 Å². The quantitative estimate of drug-likeness (QED) is 0.772. The molecular formula is C10H19N3O2S. The molecule has 0 aromatic carbocycles. The van der Waals surface area contributed by atoms with Crippen LogP contribution in [0.25, 0.3) is 0 Å². The van der Waals surface area contributed by atoms with Crippen molar-refractivity contribution in [3.05, 3.63) is 18.2 Å². The predicted molar refractivity (Wildman–Crippen MR) is 63.8 cm³/mol. The minimum atomic E-state index is -3.00. The van der Waals surface area contributed by atoms with Crippen molar-refractivity contribution in [2.75, 3.05) is 11.5 Å². The third kappa shape index (κ3) is 4.32. The molecule has 0 amide bonds. The first-order valence-corrected chi connectivity index (χ1v) is 7.15. The van der Waals surface area contributed by atoms with Gasteiger partial charge in [0.2, 0.25) is 0 Å². The summed E-state index contributed by atoms with van der Waals surface area (Å²) in [5.41, 5.74) is 5.53. The van der Waals surface area contributed by atoms with Crippen molar-refractivity contribution in [2.24, 2.45) is 12.8 Å². The van der Waals surface area contributed by atoms with E-state index in [1.165, 1.54) is 0 Å². The summed E-state index contributed by atoms with van der Waals surface area (Å²) in [4.78, 5) is 4.09. The maximum Gasteiger partial charge on any atom is 0.150 e. The average Bonchev–Trinajstić information content (AvgIpc) is 2.59. The molecule has 92 valence electrons. The number of aromatic nitrogens is 2. The van der Waals surface area contributed by atoms with E-state index in [9.17, 15) is 8.42 Å². The molecule has 1 atom stereocenters. The highest BCUT2D eigenvalue weighted by molar-refractivity contribution is 7.91. The lowest BCUT2D eigenvalue weighted by atomic mass is 10.3. The lowest BCUT2D eigenvalue weighted by molar-refractivity contribution is 0.585. The molecule has 0 bridgehead atoms. The van der Waals surface area contributed by atoms with Gasteiger partial charge in [0.05, 0.1) is 11.5 Å². The van der Waals surface area contributed by atoms with E-state index in [1.807, 2.05) is 24.7 Å². The Balaban J connectivity index is 2.45. The van der Waals surface area contributed by atoms with Gasteiger partial charge >= 0.3 is 0 Å². The molecule has 1 heterocycles. The zero-order chi connectivity index (χ0) is 12.2. The second kappa shape index (κ2) is 5.45. The van der Waals surface area contributed by atoms with Crippen molar-refractivity contribution in [3.63, 3.8) is 0 Å². The van der Waals surface area contributed by atoms with Crippen molar-refractivity contribution in [3.8, 4) is 0 Å². The van der Waals surface area contributed by atoms with Crippen LogP contribution in [-0.4, -0.2) is 35.5 Å². The van der Waals surface area contributed by atoms with Crippen molar-refractivity contribution >= 4 is 9.84 Å². The molecular weight excluding hydrogens is 226 g/mol. The number of rotatable bonds is 6. The Morgan fingerprint density at radius 1 is 1.50 bits per heavy atom. The number of sulfone groups is 1. The minimum Gasteiger partial charge on any atom is -0.338 e. The fourth-order valence-electron chi connectivity index (χ4n) is 1.35. The molecule has 16 heavy (non-hydrogen) atoms. The summed E-state index contributed by atoms with van der Waals surface area (Å²) in [6, 6.07) is -0.0667. The first-order chi connectivity index (χ1) is 7.41. The molecule has 0 spiro atoms. The lowest BCUT2D eigenvalue weighted by Crippen LogP contribution is -2.22. The average molecular weight is 245 g/mol. The van der Waals surface area contributed by atoms with E-state index in [4.69, 9.17) is 5.73 Å². The molecule has 1 unspecified atom stereocenters. The second-order valence-corrected chi connectivity index (χ2v) is 6.43. The van der Waals surface area contributed by atoms with Crippen LogP contribution in [-0.2, 0) is 23.3 Å². The number of nitrogens with two attached hydrogens (primary N) is 1.